The number of benzene rings is 2. The zero-order valence-electron chi connectivity index (χ0n) is 17.0. The van der Waals surface area contributed by atoms with Gasteiger partial charge < -0.3 is 15.0 Å². The molecule has 2 amide bonds. The number of pyridine rings is 1. The lowest BCUT2D eigenvalue weighted by molar-refractivity contribution is -0.132. The van der Waals surface area contributed by atoms with Gasteiger partial charge in [0, 0.05) is 24.6 Å². The number of halogens is 1. The highest BCUT2D eigenvalue weighted by atomic mass is 35.5. The van der Waals surface area contributed by atoms with E-state index in [-0.39, 0.29) is 24.3 Å². The SMILES string of the molecule is CC(=O)N1CCc2ccccc2C1CC(=O)Nc1ccc(Oc2ccc(Cl)cc2)nc1. The third-order valence-corrected chi connectivity index (χ3v) is 5.50. The van der Waals surface area contributed by atoms with Gasteiger partial charge in [-0.2, -0.15) is 0 Å². The fourth-order valence-electron chi connectivity index (χ4n) is 3.77. The van der Waals surface area contributed by atoms with Crippen molar-refractivity contribution in [3.05, 3.63) is 83.0 Å². The van der Waals surface area contributed by atoms with Crippen molar-refractivity contribution in [2.45, 2.75) is 25.8 Å². The van der Waals surface area contributed by atoms with Crippen molar-refractivity contribution >= 4 is 29.1 Å². The van der Waals surface area contributed by atoms with Gasteiger partial charge in [-0.1, -0.05) is 35.9 Å². The summed E-state index contributed by atoms with van der Waals surface area (Å²) in [6, 6.07) is 18.1. The van der Waals surface area contributed by atoms with Crippen LogP contribution in [0.2, 0.25) is 5.02 Å². The summed E-state index contributed by atoms with van der Waals surface area (Å²) >= 11 is 5.87. The Bertz CT molecular complexity index is 1080. The molecule has 4 rings (SSSR count). The largest absolute Gasteiger partial charge is 0.439 e. The minimum absolute atomic E-state index is 0.0299. The zero-order valence-corrected chi connectivity index (χ0v) is 17.8. The summed E-state index contributed by atoms with van der Waals surface area (Å²) in [4.78, 5) is 30.9. The maximum Gasteiger partial charge on any atom is 0.226 e. The van der Waals surface area contributed by atoms with Crippen molar-refractivity contribution in [3.8, 4) is 11.6 Å². The monoisotopic (exact) mass is 435 g/mol. The lowest BCUT2D eigenvalue weighted by Crippen LogP contribution is -2.40. The smallest absolute Gasteiger partial charge is 0.226 e. The molecule has 2 aromatic carbocycles. The van der Waals surface area contributed by atoms with E-state index in [9.17, 15) is 9.59 Å². The fourth-order valence-corrected chi connectivity index (χ4v) is 3.90. The van der Waals surface area contributed by atoms with Crippen LogP contribution in [0.5, 0.6) is 11.6 Å². The number of carbonyl (C=O) groups excluding carboxylic acids is 2. The second-order valence-electron chi connectivity index (χ2n) is 7.37. The van der Waals surface area contributed by atoms with Crippen LogP contribution in [0.1, 0.15) is 30.5 Å². The Morgan fingerprint density at radius 1 is 1.13 bits per heavy atom. The molecule has 158 valence electrons. The van der Waals surface area contributed by atoms with E-state index in [1.165, 1.54) is 5.56 Å². The fraction of sp³-hybridized carbons (Fsp3) is 0.208. The Kier molecular flexibility index (Phi) is 6.18. The lowest BCUT2D eigenvalue weighted by Gasteiger charge is -2.36. The van der Waals surface area contributed by atoms with Gasteiger partial charge in [0.2, 0.25) is 17.7 Å². The first kappa shape index (κ1) is 20.9. The quantitative estimate of drug-likeness (QED) is 0.612. The number of hydrogen-bond donors (Lipinski definition) is 1. The maximum absolute atomic E-state index is 12.7. The second-order valence-corrected chi connectivity index (χ2v) is 7.81. The zero-order chi connectivity index (χ0) is 21.8. The summed E-state index contributed by atoms with van der Waals surface area (Å²) in [6.07, 6.45) is 2.52. The minimum Gasteiger partial charge on any atom is -0.439 e. The highest BCUT2D eigenvalue weighted by Gasteiger charge is 2.30. The molecule has 1 aliphatic heterocycles. The van der Waals surface area contributed by atoms with Crippen LogP contribution in [0.25, 0.3) is 0 Å². The molecule has 0 saturated carbocycles. The molecule has 3 aromatic rings. The molecule has 1 N–H and O–H groups in total. The van der Waals surface area contributed by atoms with Crippen LogP contribution < -0.4 is 10.1 Å². The molecule has 0 bridgehead atoms. The number of anilines is 1. The van der Waals surface area contributed by atoms with Crippen molar-refractivity contribution in [3.63, 3.8) is 0 Å². The average molecular weight is 436 g/mol. The maximum atomic E-state index is 12.7. The van der Waals surface area contributed by atoms with Crippen LogP contribution in [0.3, 0.4) is 0 Å². The lowest BCUT2D eigenvalue weighted by atomic mass is 9.90. The predicted molar refractivity (Wildman–Crippen MR) is 119 cm³/mol. The van der Waals surface area contributed by atoms with E-state index >= 15 is 0 Å². The molecule has 0 saturated heterocycles. The number of nitrogens with one attached hydrogen (secondary N) is 1. The van der Waals surface area contributed by atoms with Gasteiger partial charge in [0.25, 0.3) is 0 Å². The Balaban J connectivity index is 1.42. The number of nitrogens with zero attached hydrogens (tertiary/aromatic N) is 2. The highest BCUT2D eigenvalue weighted by Crippen LogP contribution is 2.32. The van der Waals surface area contributed by atoms with Crippen LogP contribution in [-0.4, -0.2) is 28.2 Å². The number of amides is 2. The van der Waals surface area contributed by atoms with Crippen molar-refractivity contribution in [1.29, 1.82) is 0 Å². The van der Waals surface area contributed by atoms with Gasteiger partial charge in [0.05, 0.1) is 24.3 Å². The summed E-state index contributed by atoms with van der Waals surface area (Å²) in [5, 5.41) is 3.49. The van der Waals surface area contributed by atoms with Gasteiger partial charge in [-0.05, 0) is 47.9 Å². The van der Waals surface area contributed by atoms with Gasteiger partial charge in [0.1, 0.15) is 5.75 Å². The van der Waals surface area contributed by atoms with E-state index in [2.05, 4.69) is 16.4 Å². The van der Waals surface area contributed by atoms with Crippen molar-refractivity contribution in [2.75, 3.05) is 11.9 Å². The number of ether oxygens (including phenoxy) is 1. The molecule has 6 nitrogen and oxygen atoms in total. The molecule has 0 radical (unpaired) electrons. The summed E-state index contributed by atoms with van der Waals surface area (Å²) in [5.74, 6) is 0.817. The van der Waals surface area contributed by atoms with Gasteiger partial charge in [-0.3, -0.25) is 9.59 Å². The van der Waals surface area contributed by atoms with E-state index in [1.54, 1.807) is 54.4 Å². The first-order valence-corrected chi connectivity index (χ1v) is 10.4. The summed E-state index contributed by atoms with van der Waals surface area (Å²) in [6.45, 7) is 2.16. The minimum atomic E-state index is -0.275. The third-order valence-electron chi connectivity index (χ3n) is 5.25. The van der Waals surface area contributed by atoms with Crippen molar-refractivity contribution < 1.29 is 14.3 Å². The molecule has 1 aromatic heterocycles. The first-order valence-electron chi connectivity index (χ1n) is 10.0. The Morgan fingerprint density at radius 2 is 1.90 bits per heavy atom. The number of aromatic nitrogens is 1. The highest BCUT2D eigenvalue weighted by molar-refractivity contribution is 6.30. The van der Waals surface area contributed by atoms with Gasteiger partial charge in [0.15, 0.2) is 0 Å². The number of carbonyl (C=O) groups is 2. The molecule has 0 aliphatic carbocycles. The summed E-state index contributed by atoms with van der Waals surface area (Å²) in [5.41, 5.74) is 2.78. The Labute approximate surface area is 185 Å². The van der Waals surface area contributed by atoms with E-state index < -0.39 is 0 Å². The topological polar surface area (TPSA) is 71.5 Å². The normalized spacial score (nSPS) is 15.2. The van der Waals surface area contributed by atoms with E-state index in [1.807, 2.05) is 18.2 Å². The third kappa shape index (κ3) is 5.03. The van der Waals surface area contributed by atoms with Crippen molar-refractivity contribution in [2.24, 2.45) is 0 Å². The number of rotatable bonds is 5. The molecule has 1 unspecified atom stereocenters. The van der Waals surface area contributed by atoms with Gasteiger partial charge in [-0.25, -0.2) is 4.98 Å². The Hall–Kier alpha value is -3.38. The molecule has 0 fully saturated rings. The molecule has 1 aliphatic rings. The van der Waals surface area contributed by atoms with Crippen LogP contribution in [0.4, 0.5) is 5.69 Å². The molecule has 31 heavy (non-hydrogen) atoms. The molecule has 1 atom stereocenters. The Morgan fingerprint density at radius 3 is 2.61 bits per heavy atom. The van der Waals surface area contributed by atoms with Crippen molar-refractivity contribution in [1.82, 2.24) is 9.88 Å². The molecule has 0 spiro atoms. The number of fused-ring (bicyclic) bond motifs is 1. The first-order chi connectivity index (χ1) is 15.0. The predicted octanol–water partition coefficient (Wildman–Crippen LogP) is 5.00. The van der Waals surface area contributed by atoms with Crippen LogP contribution in [0, 0.1) is 0 Å². The summed E-state index contributed by atoms with van der Waals surface area (Å²) in [7, 11) is 0. The average Bonchev–Trinajstić information content (AvgIpc) is 2.76. The summed E-state index contributed by atoms with van der Waals surface area (Å²) < 4.78 is 5.67. The van der Waals surface area contributed by atoms with Crippen LogP contribution >= 0.6 is 11.6 Å². The molecule has 7 heteroatoms. The van der Waals surface area contributed by atoms with E-state index in [0.29, 0.717) is 28.9 Å². The van der Waals surface area contributed by atoms with Crippen LogP contribution in [0.15, 0.2) is 66.9 Å². The second kappa shape index (κ2) is 9.18. The molecular weight excluding hydrogens is 414 g/mol. The molecular formula is C24H22ClN3O3. The van der Waals surface area contributed by atoms with E-state index in [0.717, 1.165) is 12.0 Å². The van der Waals surface area contributed by atoms with Crippen LogP contribution in [-0.2, 0) is 16.0 Å². The molecule has 2 heterocycles. The van der Waals surface area contributed by atoms with Gasteiger partial charge >= 0.3 is 0 Å². The van der Waals surface area contributed by atoms with E-state index in [4.69, 9.17) is 16.3 Å². The van der Waals surface area contributed by atoms with Gasteiger partial charge in [-0.15, -0.1) is 0 Å². The number of hydrogen-bond acceptors (Lipinski definition) is 4. The standard InChI is InChI=1S/C24H22ClN3O3/c1-16(29)28-13-12-17-4-2-3-5-21(17)22(28)14-23(30)27-19-8-11-24(26-15-19)31-20-9-6-18(25)7-10-20/h2-11,15,22H,12-14H2,1H3,(H,27,30).